The summed E-state index contributed by atoms with van der Waals surface area (Å²) in [6, 6.07) is 9.93. The predicted molar refractivity (Wildman–Crippen MR) is 97.2 cm³/mol. The van der Waals surface area contributed by atoms with E-state index in [-0.39, 0.29) is 22.7 Å². The average Bonchev–Trinajstić information content (AvgIpc) is 2.60. The highest BCUT2D eigenvalue weighted by Gasteiger charge is 2.31. The molecule has 3 N–H and O–H groups in total. The Hall–Kier alpha value is -2.10. The van der Waals surface area contributed by atoms with Crippen molar-refractivity contribution in [1.29, 1.82) is 0 Å². The van der Waals surface area contributed by atoms with Crippen molar-refractivity contribution in [2.75, 3.05) is 0 Å². The molecule has 0 bridgehead atoms. The molecule has 0 saturated heterocycles. The van der Waals surface area contributed by atoms with Gasteiger partial charge in [-0.15, -0.1) is 13.2 Å². The number of hydrogen-bond acceptors (Lipinski definition) is 4. The van der Waals surface area contributed by atoms with E-state index in [2.05, 4.69) is 4.74 Å². The SMILES string of the molecule is NS(=O)(=O)c1ccc(-c2ccc(OC(F)(F)F)cc2)c(C2CCC(O)CC2)c1. The lowest BCUT2D eigenvalue weighted by Crippen LogP contribution is -2.18. The molecular formula is C19H20F3NO4S. The van der Waals surface area contributed by atoms with Gasteiger partial charge in [-0.25, -0.2) is 13.6 Å². The molecule has 2 aromatic rings. The summed E-state index contributed by atoms with van der Waals surface area (Å²) in [7, 11) is -3.90. The van der Waals surface area contributed by atoms with Gasteiger partial charge < -0.3 is 9.84 Å². The van der Waals surface area contributed by atoms with Crippen molar-refractivity contribution in [2.45, 2.75) is 49.0 Å². The smallest absolute Gasteiger partial charge is 0.406 e. The lowest BCUT2D eigenvalue weighted by atomic mass is 9.80. The third-order valence-corrected chi connectivity index (χ3v) is 5.80. The van der Waals surface area contributed by atoms with Crippen molar-refractivity contribution in [1.82, 2.24) is 0 Å². The molecule has 1 saturated carbocycles. The summed E-state index contributed by atoms with van der Waals surface area (Å²) in [5.41, 5.74) is 2.10. The number of sulfonamides is 1. The van der Waals surface area contributed by atoms with E-state index in [4.69, 9.17) is 5.14 Å². The van der Waals surface area contributed by atoms with Crippen LogP contribution < -0.4 is 9.88 Å². The van der Waals surface area contributed by atoms with Crippen molar-refractivity contribution in [3.05, 3.63) is 48.0 Å². The van der Waals surface area contributed by atoms with E-state index in [0.29, 0.717) is 36.8 Å². The molecule has 9 heteroatoms. The van der Waals surface area contributed by atoms with Crippen LogP contribution in [0.4, 0.5) is 13.2 Å². The second kappa shape index (κ2) is 7.73. The molecule has 0 atom stereocenters. The first-order chi connectivity index (χ1) is 13.0. The van der Waals surface area contributed by atoms with Crippen LogP contribution in [0, 0.1) is 0 Å². The first-order valence-electron chi connectivity index (χ1n) is 8.74. The minimum Gasteiger partial charge on any atom is -0.406 e. The molecule has 2 aromatic carbocycles. The second-order valence-electron chi connectivity index (χ2n) is 6.87. The Labute approximate surface area is 161 Å². The van der Waals surface area contributed by atoms with E-state index in [1.165, 1.54) is 36.4 Å². The zero-order chi connectivity index (χ0) is 20.5. The fourth-order valence-corrected chi connectivity index (χ4v) is 4.09. The summed E-state index contributed by atoms with van der Waals surface area (Å²) in [6.45, 7) is 0. The van der Waals surface area contributed by atoms with Crippen LogP contribution >= 0.6 is 0 Å². The van der Waals surface area contributed by atoms with Crippen molar-refractivity contribution in [3.63, 3.8) is 0 Å². The third-order valence-electron chi connectivity index (χ3n) is 4.89. The van der Waals surface area contributed by atoms with Crippen LogP contribution in [0.15, 0.2) is 47.4 Å². The summed E-state index contributed by atoms with van der Waals surface area (Å²) in [4.78, 5) is -0.0191. The number of rotatable bonds is 4. The molecule has 0 heterocycles. The molecule has 152 valence electrons. The van der Waals surface area contributed by atoms with Gasteiger partial charge in [-0.3, -0.25) is 0 Å². The van der Waals surface area contributed by atoms with Gasteiger partial charge in [0, 0.05) is 0 Å². The molecule has 0 radical (unpaired) electrons. The van der Waals surface area contributed by atoms with Crippen molar-refractivity contribution in [3.8, 4) is 16.9 Å². The van der Waals surface area contributed by atoms with Crippen molar-refractivity contribution in [2.24, 2.45) is 5.14 Å². The van der Waals surface area contributed by atoms with Crippen LogP contribution in [-0.2, 0) is 10.0 Å². The van der Waals surface area contributed by atoms with E-state index < -0.39 is 16.4 Å². The Morgan fingerprint density at radius 3 is 2.14 bits per heavy atom. The number of nitrogens with two attached hydrogens (primary N) is 1. The number of halogens is 3. The fraction of sp³-hybridized carbons (Fsp3) is 0.368. The second-order valence-corrected chi connectivity index (χ2v) is 8.43. The number of aliphatic hydroxyl groups is 1. The maximum atomic E-state index is 12.3. The molecule has 1 aliphatic carbocycles. The monoisotopic (exact) mass is 415 g/mol. The standard InChI is InChI=1S/C19H20F3NO4S/c20-19(21,22)27-15-7-3-12(4-8-15)17-10-9-16(28(23,25)26)11-18(17)13-1-5-14(24)6-2-13/h3-4,7-11,13-14,24H,1-2,5-6H2,(H2,23,25,26). The van der Waals surface area contributed by atoms with Crippen LogP contribution in [0.5, 0.6) is 5.75 Å². The number of ether oxygens (including phenoxy) is 1. The summed E-state index contributed by atoms with van der Waals surface area (Å²) in [5.74, 6) is -0.314. The largest absolute Gasteiger partial charge is 0.573 e. The number of aliphatic hydroxyl groups excluding tert-OH is 1. The lowest BCUT2D eigenvalue weighted by Gasteiger charge is -2.28. The van der Waals surface area contributed by atoms with E-state index in [0.717, 1.165) is 5.56 Å². The van der Waals surface area contributed by atoms with Gasteiger partial charge in [-0.05, 0) is 72.6 Å². The first-order valence-corrected chi connectivity index (χ1v) is 10.3. The molecular weight excluding hydrogens is 395 g/mol. The predicted octanol–water partition coefficient (Wildman–Crippen LogP) is 3.92. The molecule has 5 nitrogen and oxygen atoms in total. The van der Waals surface area contributed by atoms with Gasteiger partial charge in [0.1, 0.15) is 5.75 Å². The van der Waals surface area contributed by atoms with Crippen LogP contribution in [0.1, 0.15) is 37.2 Å². The molecule has 1 fully saturated rings. The molecule has 0 aliphatic heterocycles. The molecule has 3 rings (SSSR count). The van der Waals surface area contributed by atoms with Crippen LogP contribution in [0.3, 0.4) is 0 Å². The van der Waals surface area contributed by atoms with E-state index in [9.17, 15) is 26.7 Å². The Morgan fingerprint density at radius 1 is 1.00 bits per heavy atom. The third kappa shape index (κ3) is 5.03. The van der Waals surface area contributed by atoms with Crippen molar-refractivity contribution >= 4 is 10.0 Å². The van der Waals surface area contributed by atoms with Gasteiger partial charge in [0.05, 0.1) is 11.0 Å². The molecule has 0 unspecified atom stereocenters. The van der Waals surface area contributed by atoms with Gasteiger partial charge in [0.2, 0.25) is 10.0 Å². The van der Waals surface area contributed by atoms with Crippen LogP contribution in [-0.4, -0.2) is 26.0 Å². The van der Waals surface area contributed by atoms with Crippen molar-refractivity contribution < 1.29 is 31.4 Å². The summed E-state index contributed by atoms with van der Waals surface area (Å²) >= 11 is 0. The Balaban J connectivity index is 2.00. The Kier molecular flexibility index (Phi) is 5.69. The zero-order valence-corrected chi connectivity index (χ0v) is 15.6. The topological polar surface area (TPSA) is 89.6 Å². The Bertz CT molecular complexity index is 935. The highest BCUT2D eigenvalue weighted by molar-refractivity contribution is 7.89. The minimum absolute atomic E-state index is 0.0191. The van der Waals surface area contributed by atoms with E-state index in [1.54, 1.807) is 6.07 Å². The molecule has 1 aliphatic rings. The summed E-state index contributed by atoms with van der Waals surface area (Å²) in [5, 5.41) is 15.0. The highest BCUT2D eigenvalue weighted by atomic mass is 32.2. The maximum absolute atomic E-state index is 12.3. The van der Waals surface area contributed by atoms with Crippen LogP contribution in [0.25, 0.3) is 11.1 Å². The Morgan fingerprint density at radius 2 is 1.61 bits per heavy atom. The van der Waals surface area contributed by atoms with Gasteiger partial charge in [0.15, 0.2) is 0 Å². The number of primary sulfonamides is 1. The summed E-state index contributed by atoms with van der Waals surface area (Å²) < 4.78 is 64.5. The number of alkyl halides is 3. The number of hydrogen-bond donors (Lipinski definition) is 2. The average molecular weight is 415 g/mol. The highest BCUT2D eigenvalue weighted by Crippen LogP contribution is 2.39. The fourth-order valence-electron chi connectivity index (χ4n) is 3.54. The van der Waals surface area contributed by atoms with Gasteiger partial charge in [-0.2, -0.15) is 0 Å². The molecule has 0 aromatic heterocycles. The van der Waals surface area contributed by atoms with Gasteiger partial charge in [0.25, 0.3) is 0 Å². The normalized spacial score (nSPS) is 20.8. The maximum Gasteiger partial charge on any atom is 0.573 e. The zero-order valence-electron chi connectivity index (χ0n) is 14.8. The summed E-state index contributed by atoms with van der Waals surface area (Å²) in [6.07, 6.45) is -2.59. The van der Waals surface area contributed by atoms with Crippen LogP contribution in [0.2, 0.25) is 0 Å². The molecule has 0 amide bonds. The molecule has 0 spiro atoms. The quantitative estimate of drug-likeness (QED) is 0.792. The van der Waals surface area contributed by atoms with E-state index in [1.807, 2.05) is 0 Å². The first kappa shape index (κ1) is 20.6. The molecule has 28 heavy (non-hydrogen) atoms. The minimum atomic E-state index is -4.77. The number of benzene rings is 2. The van der Waals surface area contributed by atoms with E-state index >= 15 is 0 Å². The lowest BCUT2D eigenvalue weighted by molar-refractivity contribution is -0.274. The van der Waals surface area contributed by atoms with Gasteiger partial charge >= 0.3 is 6.36 Å². The van der Waals surface area contributed by atoms with Gasteiger partial charge in [-0.1, -0.05) is 18.2 Å².